The maximum absolute atomic E-state index is 11.8. The van der Waals surface area contributed by atoms with Crippen LogP contribution in [-0.2, 0) is 6.42 Å². The Morgan fingerprint density at radius 1 is 1.22 bits per heavy atom. The summed E-state index contributed by atoms with van der Waals surface area (Å²) in [5, 5.41) is 3.15. The zero-order chi connectivity index (χ0) is 12.8. The maximum Gasteiger partial charge on any atom is 0.251 e. The lowest BCUT2D eigenvalue weighted by molar-refractivity contribution is 0.0954. The fraction of sp³-hybridized carbons (Fsp3) is 0.154. The lowest BCUT2D eigenvalue weighted by atomic mass is 10.2. The van der Waals surface area contributed by atoms with Crippen LogP contribution in [0.5, 0.6) is 0 Å². The number of aromatic nitrogens is 2. The van der Waals surface area contributed by atoms with Crippen molar-refractivity contribution in [1.82, 2.24) is 15.3 Å². The fourth-order valence-corrected chi connectivity index (χ4v) is 1.69. The zero-order valence-corrected chi connectivity index (χ0v) is 10.4. The molecule has 0 aliphatic heterocycles. The van der Waals surface area contributed by atoms with Crippen LogP contribution < -0.4 is 5.32 Å². The average molecular weight is 262 g/mol. The van der Waals surface area contributed by atoms with Crippen molar-refractivity contribution in [2.75, 3.05) is 6.54 Å². The molecule has 0 unspecified atom stereocenters. The van der Waals surface area contributed by atoms with Crippen LogP contribution in [-0.4, -0.2) is 22.4 Å². The van der Waals surface area contributed by atoms with Gasteiger partial charge in [-0.25, -0.2) is 4.98 Å². The molecule has 0 aliphatic rings. The van der Waals surface area contributed by atoms with E-state index in [9.17, 15) is 4.79 Å². The second-order valence-electron chi connectivity index (χ2n) is 3.73. The molecule has 92 valence electrons. The van der Waals surface area contributed by atoms with E-state index >= 15 is 0 Å². The molecule has 2 aromatic rings. The van der Waals surface area contributed by atoms with Gasteiger partial charge in [-0.1, -0.05) is 11.6 Å². The zero-order valence-electron chi connectivity index (χ0n) is 9.64. The first-order valence-corrected chi connectivity index (χ1v) is 5.92. The molecule has 2 aromatic heterocycles. The van der Waals surface area contributed by atoms with Gasteiger partial charge in [0.2, 0.25) is 0 Å². The third-order valence-electron chi connectivity index (χ3n) is 2.44. The van der Waals surface area contributed by atoms with Crippen LogP contribution in [0.15, 0.2) is 42.9 Å². The maximum atomic E-state index is 11.8. The third kappa shape index (κ3) is 3.53. The molecular weight excluding hydrogens is 250 g/mol. The molecule has 2 rings (SSSR count). The van der Waals surface area contributed by atoms with E-state index in [1.54, 1.807) is 24.5 Å². The van der Waals surface area contributed by atoms with Gasteiger partial charge in [-0.05, 0) is 36.2 Å². The van der Waals surface area contributed by atoms with E-state index in [0.717, 1.165) is 12.0 Å². The Kier molecular flexibility index (Phi) is 4.25. The summed E-state index contributed by atoms with van der Waals surface area (Å²) in [6, 6.07) is 7.03. The molecule has 1 amide bonds. The van der Waals surface area contributed by atoms with Gasteiger partial charge in [0.1, 0.15) is 5.15 Å². The molecule has 0 aliphatic carbocycles. The number of amides is 1. The van der Waals surface area contributed by atoms with E-state index < -0.39 is 0 Å². The Labute approximate surface area is 110 Å². The molecule has 4 nitrogen and oxygen atoms in total. The number of carbonyl (C=O) groups is 1. The lowest BCUT2D eigenvalue weighted by Gasteiger charge is -2.05. The molecular formula is C13H12ClN3O. The number of pyridine rings is 2. The molecule has 1 N–H and O–H groups in total. The summed E-state index contributed by atoms with van der Waals surface area (Å²) >= 11 is 5.72. The van der Waals surface area contributed by atoms with Crippen molar-refractivity contribution in [2.24, 2.45) is 0 Å². The third-order valence-corrected chi connectivity index (χ3v) is 2.64. The number of hydrogen-bond donors (Lipinski definition) is 1. The van der Waals surface area contributed by atoms with Gasteiger partial charge in [-0.2, -0.15) is 0 Å². The van der Waals surface area contributed by atoms with E-state index in [1.807, 2.05) is 12.1 Å². The number of hydrogen-bond acceptors (Lipinski definition) is 3. The molecule has 0 saturated heterocycles. The van der Waals surface area contributed by atoms with Gasteiger partial charge in [-0.3, -0.25) is 9.78 Å². The molecule has 0 radical (unpaired) electrons. The van der Waals surface area contributed by atoms with Crippen molar-refractivity contribution in [3.8, 4) is 0 Å². The fourth-order valence-electron chi connectivity index (χ4n) is 1.52. The van der Waals surface area contributed by atoms with Crippen LogP contribution in [0.3, 0.4) is 0 Å². The predicted octanol–water partition coefficient (Wildman–Crippen LogP) is 2.10. The van der Waals surface area contributed by atoms with Crippen LogP contribution in [0.4, 0.5) is 0 Å². The van der Waals surface area contributed by atoms with E-state index in [4.69, 9.17) is 11.6 Å². The number of carbonyl (C=O) groups excluding carboxylic acids is 1. The molecule has 0 saturated carbocycles. The topological polar surface area (TPSA) is 54.9 Å². The monoisotopic (exact) mass is 261 g/mol. The smallest absolute Gasteiger partial charge is 0.251 e. The van der Waals surface area contributed by atoms with Crippen LogP contribution >= 0.6 is 11.6 Å². The van der Waals surface area contributed by atoms with Gasteiger partial charge in [0, 0.05) is 30.7 Å². The summed E-state index contributed by atoms with van der Waals surface area (Å²) in [5.41, 5.74) is 1.66. The molecule has 2 heterocycles. The van der Waals surface area contributed by atoms with Gasteiger partial charge in [-0.15, -0.1) is 0 Å². The second-order valence-corrected chi connectivity index (χ2v) is 4.12. The van der Waals surface area contributed by atoms with Crippen molar-refractivity contribution in [2.45, 2.75) is 6.42 Å². The largest absolute Gasteiger partial charge is 0.352 e. The summed E-state index contributed by atoms with van der Waals surface area (Å²) in [6.07, 6.45) is 5.76. The predicted molar refractivity (Wildman–Crippen MR) is 69.5 cm³/mol. The highest BCUT2D eigenvalue weighted by Gasteiger charge is 2.05. The Morgan fingerprint density at radius 3 is 2.72 bits per heavy atom. The quantitative estimate of drug-likeness (QED) is 0.858. The Morgan fingerprint density at radius 2 is 2.00 bits per heavy atom. The second kappa shape index (κ2) is 6.12. The van der Waals surface area contributed by atoms with Gasteiger partial charge in [0.25, 0.3) is 5.91 Å². The number of rotatable bonds is 4. The minimum absolute atomic E-state index is 0.145. The van der Waals surface area contributed by atoms with Gasteiger partial charge < -0.3 is 5.32 Å². The van der Waals surface area contributed by atoms with Gasteiger partial charge in [0.15, 0.2) is 0 Å². The highest BCUT2D eigenvalue weighted by Crippen LogP contribution is 2.06. The van der Waals surface area contributed by atoms with Gasteiger partial charge in [0.05, 0.1) is 0 Å². The summed E-state index contributed by atoms with van der Waals surface area (Å²) in [7, 11) is 0. The first kappa shape index (κ1) is 12.5. The minimum atomic E-state index is -0.145. The van der Waals surface area contributed by atoms with E-state index in [0.29, 0.717) is 17.3 Å². The van der Waals surface area contributed by atoms with E-state index in [1.165, 1.54) is 6.20 Å². The lowest BCUT2D eigenvalue weighted by Crippen LogP contribution is -2.25. The minimum Gasteiger partial charge on any atom is -0.352 e. The molecule has 0 bridgehead atoms. The molecule has 0 fully saturated rings. The summed E-state index contributed by atoms with van der Waals surface area (Å²) in [5.74, 6) is -0.145. The van der Waals surface area contributed by atoms with Crippen molar-refractivity contribution >= 4 is 17.5 Å². The molecule has 5 heteroatoms. The number of nitrogens with zero attached hydrogens (tertiary/aromatic N) is 2. The molecule has 0 atom stereocenters. The highest BCUT2D eigenvalue weighted by atomic mass is 35.5. The first-order valence-electron chi connectivity index (χ1n) is 5.54. The van der Waals surface area contributed by atoms with Crippen molar-refractivity contribution < 1.29 is 4.79 Å². The number of halogens is 1. The summed E-state index contributed by atoms with van der Waals surface area (Å²) in [4.78, 5) is 19.5. The van der Waals surface area contributed by atoms with Crippen molar-refractivity contribution in [3.05, 3.63) is 59.1 Å². The first-order chi connectivity index (χ1) is 8.75. The SMILES string of the molecule is O=C(NCCc1ccncc1)c1ccnc(Cl)c1. The van der Waals surface area contributed by atoms with Crippen LogP contribution in [0.25, 0.3) is 0 Å². The Bertz CT molecular complexity index is 531. The molecule has 18 heavy (non-hydrogen) atoms. The van der Waals surface area contributed by atoms with Gasteiger partial charge >= 0.3 is 0 Å². The van der Waals surface area contributed by atoms with E-state index in [2.05, 4.69) is 15.3 Å². The average Bonchev–Trinajstić information content (AvgIpc) is 2.40. The van der Waals surface area contributed by atoms with Crippen LogP contribution in [0.1, 0.15) is 15.9 Å². The van der Waals surface area contributed by atoms with Crippen molar-refractivity contribution in [3.63, 3.8) is 0 Å². The summed E-state index contributed by atoms with van der Waals surface area (Å²) in [6.45, 7) is 0.572. The highest BCUT2D eigenvalue weighted by molar-refractivity contribution is 6.29. The summed E-state index contributed by atoms with van der Waals surface area (Å²) < 4.78 is 0. The normalized spacial score (nSPS) is 10.1. The molecule has 0 aromatic carbocycles. The van der Waals surface area contributed by atoms with Crippen LogP contribution in [0.2, 0.25) is 5.15 Å². The van der Waals surface area contributed by atoms with E-state index in [-0.39, 0.29) is 5.91 Å². The Balaban J connectivity index is 1.86. The standard InChI is InChI=1S/C13H12ClN3O/c14-12-9-11(4-8-16-12)13(18)17-7-3-10-1-5-15-6-2-10/h1-2,4-6,8-9H,3,7H2,(H,17,18). The molecule has 0 spiro atoms. The van der Waals surface area contributed by atoms with Crippen LogP contribution in [0, 0.1) is 0 Å². The van der Waals surface area contributed by atoms with Crippen molar-refractivity contribution in [1.29, 1.82) is 0 Å². The number of nitrogens with one attached hydrogen (secondary N) is 1. The Hall–Kier alpha value is -1.94.